The van der Waals surface area contributed by atoms with Crippen molar-refractivity contribution in [3.05, 3.63) is 30.3 Å². The zero-order valence-electron chi connectivity index (χ0n) is 13.1. The lowest BCUT2D eigenvalue weighted by atomic mass is 9.96. The number of ether oxygens (including phenoxy) is 2. The molecule has 0 spiro atoms. The molecule has 0 atom stereocenters. The average molecular weight is 322 g/mol. The van der Waals surface area contributed by atoms with Gasteiger partial charge in [-0.05, 0) is 37.2 Å². The Morgan fingerprint density at radius 2 is 1.50 bits per heavy atom. The molecule has 2 fully saturated rings. The fourth-order valence-corrected chi connectivity index (χ4v) is 2.85. The van der Waals surface area contributed by atoms with E-state index in [1.54, 1.807) is 0 Å². The highest BCUT2D eigenvalue weighted by Crippen LogP contribution is 2.17. The van der Waals surface area contributed by atoms with E-state index in [2.05, 4.69) is 10.6 Å². The van der Waals surface area contributed by atoms with Gasteiger partial charge in [0.15, 0.2) is 5.11 Å². The smallest absolute Gasteiger partial charge is 0.170 e. The zero-order valence-corrected chi connectivity index (χ0v) is 13.9. The minimum absolute atomic E-state index is 0.567. The van der Waals surface area contributed by atoms with Crippen LogP contribution in [0.2, 0.25) is 0 Å². The van der Waals surface area contributed by atoms with Gasteiger partial charge in [0.1, 0.15) is 0 Å². The number of benzene rings is 1. The Balaban J connectivity index is 0.000000246. The molecule has 5 heteroatoms. The number of rotatable bonds is 2. The van der Waals surface area contributed by atoms with Crippen LogP contribution >= 0.6 is 12.2 Å². The van der Waals surface area contributed by atoms with Gasteiger partial charge < -0.3 is 20.1 Å². The molecule has 2 aliphatic rings. The van der Waals surface area contributed by atoms with Crippen molar-refractivity contribution in [3.63, 3.8) is 0 Å². The molecule has 1 heterocycles. The summed E-state index contributed by atoms with van der Waals surface area (Å²) in [5.41, 5.74) is 1.05. The van der Waals surface area contributed by atoms with Crippen LogP contribution in [0.5, 0.6) is 0 Å². The van der Waals surface area contributed by atoms with Crippen LogP contribution in [0.25, 0.3) is 0 Å². The predicted octanol–water partition coefficient (Wildman–Crippen LogP) is 3.34. The third-order valence-electron chi connectivity index (χ3n) is 3.72. The molecule has 0 bridgehead atoms. The van der Waals surface area contributed by atoms with Crippen LogP contribution in [0.1, 0.15) is 32.1 Å². The van der Waals surface area contributed by atoms with Crippen molar-refractivity contribution in [2.75, 3.05) is 31.7 Å². The molecule has 0 aromatic heterocycles. The lowest BCUT2D eigenvalue weighted by molar-refractivity contribution is -0.0334. The topological polar surface area (TPSA) is 42.5 Å². The Bertz CT molecular complexity index is 406. The highest BCUT2D eigenvalue weighted by Gasteiger charge is 2.13. The fraction of sp³-hybridized carbons (Fsp3) is 0.588. The van der Waals surface area contributed by atoms with Crippen molar-refractivity contribution in [3.8, 4) is 0 Å². The lowest BCUT2D eigenvalue weighted by Crippen LogP contribution is -2.38. The van der Waals surface area contributed by atoms with Crippen LogP contribution in [0, 0.1) is 0 Å². The molecule has 3 rings (SSSR count). The van der Waals surface area contributed by atoms with E-state index in [1.807, 2.05) is 30.3 Å². The first-order valence-corrected chi connectivity index (χ1v) is 8.53. The van der Waals surface area contributed by atoms with E-state index < -0.39 is 0 Å². The van der Waals surface area contributed by atoms with Gasteiger partial charge in [0.05, 0.1) is 26.4 Å². The van der Waals surface area contributed by atoms with E-state index in [4.69, 9.17) is 21.7 Å². The van der Waals surface area contributed by atoms with Crippen molar-refractivity contribution < 1.29 is 9.47 Å². The van der Waals surface area contributed by atoms with Crippen molar-refractivity contribution in [1.29, 1.82) is 0 Å². The Kier molecular flexibility index (Phi) is 8.23. The van der Waals surface area contributed by atoms with Gasteiger partial charge >= 0.3 is 0 Å². The maximum Gasteiger partial charge on any atom is 0.170 e. The SMILES string of the molecule is C1COCCO1.S=C(Nc1ccccc1)NC1CCCCC1. The maximum absolute atomic E-state index is 5.29. The molecule has 0 radical (unpaired) electrons. The fourth-order valence-electron chi connectivity index (χ4n) is 2.56. The normalized spacial score (nSPS) is 18.7. The largest absolute Gasteiger partial charge is 0.377 e. The Labute approximate surface area is 138 Å². The first-order valence-electron chi connectivity index (χ1n) is 8.12. The first-order chi connectivity index (χ1) is 10.8. The molecule has 22 heavy (non-hydrogen) atoms. The van der Waals surface area contributed by atoms with Gasteiger partial charge in [-0.15, -0.1) is 0 Å². The predicted molar refractivity (Wildman–Crippen MR) is 94.3 cm³/mol. The number of hydrogen-bond donors (Lipinski definition) is 2. The zero-order chi connectivity index (χ0) is 15.5. The Morgan fingerprint density at radius 1 is 0.909 bits per heavy atom. The standard InChI is InChI=1S/C13H18N2S.C4H8O2/c16-13(14-11-7-3-1-4-8-11)15-12-9-5-2-6-10-12;1-2-6-4-3-5-1/h1,3-4,7-8,12H,2,5-6,9-10H2,(H2,14,15,16);1-4H2. The van der Waals surface area contributed by atoms with E-state index >= 15 is 0 Å². The molecule has 1 aliphatic carbocycles. The molecule has 0 unspecified atom stereocenters. The minimum atomic E-state index is 0.567. The van der Waals surface area contributed by atoms with E-state index in [-0.39, 0.29) is 0 Å². The number of anilines is 1. The van der Waals surface area contributed by atoms with Gasteiger partial charge in [0.25, 0.3) is 0 Å². The molecule has 122 valence electrons. The summed E-state index contributed by atoms with van der Waals surface area (Å²) in [4.78, 5) is 0. The van der Waals surface area contributed by atoms with Crippen LogP contribution in [0.3, 0.4) is 0 Å². The highest BCUT2D eigenvalue weighted by atomic mass is 32.1. The minimum Gasteiger partial charge on any atom is -0.377 e. The summed E-state index contributed by atoms with van der Waals surface area (Å²) in [6, 6.07) is 10.6. The Morgan fingerprint density at radius 3 is 2.05 bits per heavy atom. The number of para-hydroxylation sites is 1. The highest BCUT2D eigenvalue weighted by molar-refractivity contribution is 7.80. The molecule has 0 amide bonds. The summed E-state index contributed by atoms with van der Waals surface area (Å²) in [6.45, 7) is 3.11. The van der Waals surface area contributed by atoms with Gasteiger partial charge in [0, 0.05) is 11.7 Å². The number of hydrogen-bond acceptors (Lipinski definition) is 3. The van der Waals surface area contributed by atoms with Crippen LogP contribution < -0.4 is 10.6 Å². The van der Waals surface area contributed by atoms with E-state index in [9.17, 15) is 0 Å². The van der Waals surface area contributed by atoms with Crippen LogP contribution in [0.15, 0.2) is 30.3 Å². The molecule has 1 aromatic carbocycles. The molecular weight excluding hydrogens is 296 g/mol. The summed E-state index contributed by atoms with van der Waals surface area (Å²) < 4.78 is 9.89. The quantitative estimate of drug-likeness (QED) is 0.818. The van der Waals surface area contributed by atoms with Gasteiger partial charge in [-0.1, -0.05) is 37.5 Å². The lowest BCUT2D eigenvalue weighted by Gasteiger charge is -2.24. The van der Waals surface area contributed by atoms with Crippen LogP contribution in [0.4, 0.5) is 5.69 Å². The average Bonchev–Trinajstić information content (AvgIpc) is 2.59. The van der Waals surface area contributed by atoms with Crippen molar-refractivity contribution in [2.45, 2.75) is 38.1 Å². The van der Waals surface area contributed by atoms with E-state index in [0.717, 1.165) is 37.2 Å². The second-order valence-corrected chi connectivity index (χ2v) is 5.93. The summed E-state index contributed by atoms with van der Waals surface area (Å²) in [6.07, 6.45) is 6.52. The van der Waals surface area contributed by atoms with E-state index in [0.29, 0.717) is 6.04 Å². The maximum atomic E-state index is 5.29. The van der Waals surface area contributed by atoms with Crippen LogP contribution in [-0.4, -0.2) is 37.6 Å². The molecule has 1 saturated heterocycles. The van der Waals surface area contributed by atoms with Crippen molar-refractivity contribution in [2.24, 2.45) is 0 Å². The van der Waals surface area contributed by atoms with Gasteiger partial charge in [-0.25, -0.2) is 0 Å². The summed E-state index contributed by atoms with van der Waals surface area (Å²) in [7, 11) is 0. The molecule has 1 saturated carbocycles. The second-order valence-electron chi connectivity index (χ2n) is 5.52. The summed E-state index contributed by atoms with van der Waals surface area (Å²) >= 11 is 5.29. The van der Waals surface area contributed by atoms with Gasteiger partial charge in [0.2, 0.25) is 0 Å². The third-order valence-corrected chi connectivity index (χ3v) is 3.94. The molecular formula is C17H26N2O2S. The summed E-state index contributed by atoms with van der Waals surface area (Å²) in [5.74, 6) is 0. The van der Waals surface area contributed by atoms with E-state index in [1.165, 1.54) is 32.1 Å². The van der Waals surface area contributed by atoms with Gasteiger partial charge in [-0.3, -0.25) is 0 Å². The molecule has 2 N–H and O–H groups in total. The first kappa shape index (κ1) is 17.2. The van der Waals surface area contributed by atoms with Crippen molar-refractivity contribution in [1.82, 2.24) is 5.32 Å². The van der Waals surface area contributed by atoms with Crippen molar-refractivity contribution >= 4 is 23.0 Å². The summed E-state index contributed by atoms with van der Waals surface area (Å²) in [5, 5.41) is 7.35. The third kappa shape index (κ3) is 7.20. The number of nitrogens with one attached hydrogen (secondary N) is 2. The second kappa shape index (κ2) is 10.5. The van der Waals surface area contributed by atoms with Crippen LogP contribution in [-0.2, 0) is 9.47 Å². The number of thiocarbonyl (C=S) groups is 1. The Hall–Kier alpha value is -1.17. The van der Waals surface area contributed by atoms with Gasteiger partial charge in [-0.2, -0.15) is 0 Å². The molecule has 1 aromatic rings. The molecule has 1 aliphatic heterocycles. The monoisotopic (exact) mass is 322 g/mol. The molecule has 4 nitrogen and oxygen atoms in total.